The van der Waals surface area contributed by atoms with E-state index in [1.807, 2.05) is 0 Å². The van der Waals surface area contributed by atoms with Gasteiger partial charge in [0.15, 0.2) is 0 Å². The van der Waals surface area contributed by atoms with Crippen LogP contribution in [-0.2, 0) is 0 Å². The topological polar surface area (TPSA) is 0 Å². The Labute approximate surface area is 90.5 Å². The second kappa shape index (κ2) is 7.31. The smallest absolute Gasteiger partial charge is 0.0414 e. The summed E-state index contributed by atoms with van der Waals surface area (Å²) in [5.74, 6) is 2.01. The van der Waals surface area contributed by atoms with Crippen LogP contribution >= 0.6 is 0 Å². The first kappa shape index (κ1) is 12.1. The van der Waals surface area contributed by atoms with Gasteiger partial charge in [0.25, 0.3) is 0 Å². The minimum Gasteiger partial charge on any atom is -0.0628 e. The molecule has 0 radical (unpaired) electrons. The Morgan fingerprint density at radius 3 is 2.29 bits per heavy atom. The molecule has 1 aliphatic carbocycles. The molecule has 0 amide bonds. The van der Waals surface area contributed by atoms with Crippen LogP contribution in [0.15, 0.2) is 0 Å². The number of hydrogen-bond acceptors (Lipinski definition) is 0. The van der Waals surface area contributed by atoms with Crippen LogP contribution < -0.4 is 0 Å². The van der Waals surface area contributed by atoms with E-state index < -0.39 is 0 Å². The predicted octanol–water partition coefficient (Wildman–Crippen LogP) is 5.17. The fourth-order valence-corrected chi connectivity index (χ4v) is 2.64. The lowest BCUT2D eigenvalue weighted by Crippen LogP contribution is -2.05. The molecule has 0 aromatic rings. The van der Waals surface area contributed by atoms with E-state index in [1.54, 1.807) is 0 Å². The molecule has 0 nitrogen and oxygen atoms in total. The van der Waals surface area contributed by atoms with Crippen LogP contribution in [0.3, 0.4) is 0 Å². The maximum atomic E-state index is 2.33. The quantitative estimate of drug-likeness (QED) is 0.514. The molecule has 0 atom stereocenters. The lowest BCUT2D eigenvalue weighted by atomic mass is 9.85. The van der Waals surface area contributed by atoms with E-state index in [0.717, 1.165) is 11.8 Å². The lowest BCUT2D eigenvalue weighted by molar-refractivity contribution is 0.327. The molecule has 14 heavy (non-hydrogen) atoms. The Bertz CT molecular complexity index is 120. The van der Waals surface area contributed by atoms with Crippen LogP contribution in [0.5, 0.6) is 0 Å². The largest absolute Gasteiger partial charge is 0.0628 e. The van der Waals surface area contributed by atoms with E-state index in [1.165, 1.54) is 64.2 Å². The molecule has 0 bridgehead atoms. The molecule has 0 N–H and O–H groups in total. The standard InChI is InChI=1S/C14H28/c1-13(2)9-5-3-6-10-14-11-7-4-8-12-14/h13-14H,3-12H2,1-2H3. The third kappa shape index (κ3) is 5.67. The third-order valence-corrected chi connectivity index (χ3v) is 3.62. The van der Waals surface area contributed by atoms with Gasteiger partial charge in [-0.2, -0.15) is 0 Å². The lowest BCUT2D eigenvalue weighted by Gasteiger charge is -2.21. The van der Waals surface area contributed by atoms with Crippen LogP contribution in [0.4, 0.5) is 0 Å². The van der Waals surface area contributed by atoms with Crippen LogP contribution in [0.1, 0.15) is 78.1 Å². The van der Waals surface area contributed by atoms with Gasteiger partial charge in [0.2, 0.25) is 0 Å². The van der Waals surface area contributed by atoms with Crippen molar-refractivity contribution >= 4 is 0 Å². The van der Waals surface area contributed by atoms with E-state index in [0.29, 0.717) is 0 Å². The zero-order valence-corrected chi connectivity index (χ0v) is 10.2. The fourth-order valence-electron chi connectivity index (χ4n) is 2.64. The molecular weight excluding hydrogens is 168 g/mol. The Kier molecular flexibility index (Phi) is 6.31. The average Bonchev–Trinajstić information content (AvgIpc) is 2.18. The highest BCUT2D eigenvalue weighted by atomic mass is 14.2. The Morgan fingerprint density at radius 1 is 0.929 bits per heavy atom. The van der Waals surface area contributed by atoms with Crippen molar-refractivity contribution in [1.82, 2.24) is 0 Å². The molecule has 1 saturated carbocycles. The maximum absolute atomic E-state index is 2.33. The van der Waals surface area contributed by atoms with Gasteiger partial charge in [0.05, 0.1) is 0 Å². The maximum Gasteiger partial charge on any atom is -0.0414 e. The van der Waals surface area contributed by atoms with Gasteiger partial charge in [-0.1, -0.05) is 78.1 Å². The summed E-state index contributed by atoms with van der Waals surface area (Å²) in [5, 5.41) is 0. The van der Waals surface area contributed by atoms with Gasteiger partial charge in [-0.15, -0.1) is 0 Å². The van der Waals surface area contributed by atoms with Crippen molar-refractivity contribution in [3.63, 3.8) is 0 Å². The Hall–Kier alpha value is 0. The zero-order valence-electron chi connectivity index (χ0n) is 10.2. The first-order chi connectivity index (χ1) is 6.79. The summed E-state index contributed by atoms with van der Waals surface area (Å²) >= 11 is 0. The molecule has 0 unspecified atom stereocenters. The normalized spacial score (nSPS) is 19.1. The summed E-state index contributed by atoms with van der Waals surface area (Å²) in [5.41, 5.74) is 0. The minimum absolute atomic E-state index is 0.907. The first-order valence-electron chi connectivity index (χ1n) is 6.79. The van der Waals surface area contributed by atoms with Crippen molar-refractivity contribution in [3.05, 3.63) is 0 Å². The van der Waals surface area contributed by atoms with Gasteiger partial charge in [-0.25, -0.2) is 0 Å². The van der Waals surface area contributed by atoms with Gasteiger partial charge >= 0.3 is 0 Å². The summed E-state index contributed by atoms with van der Waals surface area (Å²) in [6.45, 7) is 4.67. The summed E-state index contributed by atoms with van der Waals surface area (Å²) < 4.78 is 0. The zero-order chi connectivity index (χ0) is 10.2. The minimum atomic E-state index is 0.907. The fraction of sp³-hybridized carbons (Fsp3) is 1.00. The number of hydrogen-bond donors (Lipinski definition) is 0. The highest BCUT2D eigenvalue weighted by Crippen LogP contribution is 2.28. The van der Waals surface area contributed by atoms with Crippen LogP contribution in [-0.4, -0.2) is 0 Å². The number of rotatable bonds is 6. The number of unbranched alkanes of at least 4 members (excludes halogenated alkanes) is 2. The molecule has 0 aromatic carbocycles. The molecule has 0 heterocycles. The van der Waals surface area contributed by atoms with Gasteiger partial charge in [-0.3, -0.25) is 0 Å². The van der Waals surface area contributed by atoms with Crippen molar-refractivity contribution in [3.8, 4) is 0 Å². The molecule has 0 aliphatic heterocycles. The molecule has 1 fully saturated rings. The van der Waals surface area contributed by atoms with E-state index in [-0.39, 0.29) is 0 Å². The van der Waals surface area contributed by atoms with Crippen molar-refractivity contribution < 1.29 is 0 Å². The highest BCUT2D eigenvalue weighted by Gasteiger charge is 2.12. The first-order valence-corrected chi connectivity index (χ1v) is 6.79. The Morgan fingerprint density at radius 2 is 1.64 bits per heavy atom. The predicted molar refractivity (Wildman–Crippen MR) is 64.5 cm³/mol. The van der Waals surface area contributed by atoms with E-state index >= 15 is 0 Å². The van der Waals surface area contributed by atoms with Crippen molar-refractivity contribution in [1.29, 1.82) is 0 Å². The van der Waals surface area contributed by atoms with Gasteiger partial charge < -0.3 is 0 Å². The van der Waals surface area contributed by atoms with Crippen molar-refractivity contribution in [2.75, 3.05) is 0 Å². The molecule has 0 aromatic heterocycles. The van der Waals surface area contributed by atoms with E-state index in [2.05, 4.69) is 13.8 Å². The van der Waals surface area contributed by atoms with Gasteiger partial charge in [-0.05, 0) is 11.8 Å². The average molecular weight is 196 g/mol. The summed E-state index contributed by atoms with van der Waals surface area (Å²) in [7, 11) is 0. The molecule has 1 rings (SSSR count). The third-order valence-electron chi connectivity index (χ3n) is 3.62. The summed E-state index contributed by atoms with van der Waals surface area (Å²) in [4.78, 5) is 0. The second-order valence-electron chi connectivity index (χ2n) is 5.54. The Balaban J connectivity index is 1.87. The van der Waals surface area contributed by atoms with E-state index in [4.69, 9.17) is 0 Å². The van der Waals surface area contributed by atoms with Gasteiger partial charge in [0.1, 0.15) is 0 Å². The monoisotopic (exact) mass is 196 g/mol. The molecule has 0 saturated heterocycles. The summed E-state index contributed by atoms with van der Waals surface area (Å²) in [6, 6.07) is 0. The van der Waals surface area contributed by atoms with Crippen LogP contribution in [0, 0.1) is 11.8 Å². The van der Waals surface area contributed by atoms with Crippen molar-refractivity contribution in [2.45, 2.75) is 78.1 Å². The molecule has 0 heteroatoms. The highest BCUT2D eigenvalue weighted by molar-refractivity contribution is 4.65. The SMILES string of the molecule is CC(C)CCCCCC1CCCCC1. The molecule has 0 spiro atoms. The van der Waals surface area contributed by atoms with E-state index in [9.17, 15) is 0 Å². The van der Waals surface area contributed by atoms with Crippen LogP contribution in [0.25, 0.3) is 0 Å². The second-order valence-corrected chi connectivity index (χ2v) is 5.54. The van der Waals surface area contributed by atoms with Gasteiger partial charge in [0, 0.05) is 0 Å². The molecule has 1 aliphatic rings. The molecular formula is C14H28. The van der Waals surface area contributed by atoms with Crippen LogP contribution in [0.2, 0.25) is 0 Å². The molecule has 84 valence electrons. The van der Waals surface area contributed by atoms with Crippen molar-refractivity contribution in [2.24, 2.45) is 11.8 Å². The summed E-state index contributed by atoms with van der Waals surface area (Å²) in [6.07, 6.45) is 15.0.